The molecule has 4 aromatic carbocycles. The van der Waals surface area contributed by atoms with Gasteiger partial charge in [-0.25, -0.2) is 29.4 Å². The van der Waals surface area contributed by atoms with Gasteiger partial charge in [0.25, 0.3) is 11.8 Å². The second kappa shape index (κ2) is 17.3. The van der Waals surface area contributed by atoms with Gasteiger partial charge in [0.05, 0.1) is 24.1 Å². The zero-order chi connectivity index (χ0) is 41.6. The first-order chi connectivity index (χ1) is 29.2. The molecule has 4 heterocycles. The van der Waals surface area contributed by atoms with Gasteiger partial charge in [0, 0.05) is 23.3 Å². The van der Waals surface area contributed by atoms with E-state index in [2.05, 4.69) is 15.0 Å². The summed E-state index contributed by atoms with van der Waals surface area (Å²) in [4.78, 5) is 80.9. The Morgan fingerprint density at radius 3 is 1.68 bits per heavy atom. The highest BCUT2D eigenvalue weighted by Crippen LogP contribution is 2.41. The van der Waals surface area contributed by atoms with Crippen molar-refractivity contribution in [2.75, 3.05) is 11.5 Å². The lowest BCUT2D eigenvalue weighted by molar-refractivity contribution is -0.540. The molecule has 1 N–H and O–H groups in total. The van der Waals surface area contributed by atoms with Gasteiger partial charge >= 0.3 is 19.7 Å². The first kappa shape index (κ1) is 39.6. The fourth-order valence-electron chi connectivity index (χ4n) is 6.55. The minimum atomic E-state index is -4.54. The molecule has 0 radical (unpaired) electrons. The molecule has 1 saturated heterocycles. The summed E-state index contributed by atoms with van der Waals surface area (Å²) in [5.41, 5.74) is 0.735. The Kier molecular flexibility index (Phi) is 11.4. The van der Waals surface area contributed by atoms with Gasteiger partial charge in [0.1, 0.15) is 12.4 Å². The second-order valence-electron chi connectivity index (χ2n) is 13.3. The lowest BCUT2D eigenvalue weighted by Crippen LogP contribution is -2.41. The summed E-state index contributed by atoms with van der Waals surface area (Å²) in [5, 5.41) is 0. The van der Waals surface area contributed by atoms with Crippen LogP contribution < -0.4 is 9.24 Å². The van der Waals surface area contributed by atoms with E-state index in [1.54, 1.807) is 115 Å². The smallest absolute Gasteiger partial charge is 0.452 e. The molecule has 8 rings (SSSR count). The number of benzene rings is 4. The highest BCUT2D eigenvalue weighted by atomic mass is 31.2. The van der Waals surface area contributed by atoms with Crippen LogP contribution in [0, 0.1) is 0 Å². The number of carbonyl (C=O) groups is 4. The number of hydrogen-bond donors (Lipinski definition) is 1. The van der Waals surface area contributed by atoms with Gasteiger partial charge in [-0.15, -0.1) is 4.34 Å². The van der Waals surface area contributed by atoms with Crippen LogP contribution in [0.4, 0.5) is 5.82 Å². The van der Waals surface area contributed by atoms with Crippen LogP contribution in [0.5, 0.6) is 0 Å². The van der Waals surface area contributed by atoms with Gasteiger partial charge in [-0.05, 0) is 48.5 Å². The number of anilines is 1. The van der Waals surface area contributed by atoms with Crippen molar-refractivity contribution in [3.05, 3.63) is 187 Å². The summed E-state index contributed by atoms with van der Waals surface area (Å²) in [5.74, 6) is -3.17. The second-order valence-corrected chi connectivity index (χ2v) is 15.0. The molecule has 2 amide bonds. The highest BCUT2D eigenvalue weighted by molar-refractivity contribution is 7.45. The Labute approximate surface area is 341 Å². The van der Waals surface area contributed by atoms with E-state index in [9.17, 15) is 28.6 Å². The standard InChI is InChI=1S/C43H33N6O10P/c50-39(29-16-6-1-7-17-29)49(40(51)30-18-8-2-9-19-30)38-34-37(44-27-45-38)48(28-46-34)41-36(59-43(53)32-22-12-4-13-23-32)35(58-42(52)31-20-10-3-11-21-31)33(57-41)26-56-60(54,55)47-24-14-5-15-25-47/h1-25,27-28,33,35-36,41H,26H2/p+1/t33-,35-,36-,41-/m1/s1. The molecular formula is C43H34N6O10P+. The fourth-order valence-corrected chi connectivity index (χ4v) is 7.52. The maximum atomic E-state index is 14.2. The summed E-state index contributed by atoms with van der Waals surface area (Å²) in [6.45, 7) is -0.629. The molecule has 1 unspecified atom stereocenters. The number of nitrogens with zero attached hydrogens (tertiary/aromatic N) is 6. The number of hydrogen-bond acceptors (Lipinski definition) is 12. The number of imidazole rings is 1. The number of carbonyl (C=O) groups excluding carboxylic acids is 4. The third-order valence-corrected chi connectivity index (χ3v) is 10.8. The van der Waals surface area contributed by atoms with Crippen LogP contribution in [0.15, 0.2) is 165 Å². The molecule has 60 heavy (non-hydrogen) atoms. The molecule has 300 valence electrons. The third-order valence-electron chi connectivity index (χ3n) is 9.46. The van der Waals surface area contributed by atoms with E-state index >= 15 is 0 Å². The van der Waals surface area contributed by atoms with Gasteiger partial charge in [0.15, 0.2) is 47.8 Å². The first-order valence-corrected chi connectivity index (χ1v) is 20.0. The van der Waals surface area contributed by atoms with Crippen molar-refractivity contribution in [3.63, 3.8) is 0 Å². The molecule has 1 aliphatic rings. The van der Waals surface area contributed by atoms with Crippen molar-refractivity contribution >= 4 is 48.5 Å². The first-order valence-electron chi connectivity index (χ1n) is 18.5. The predicted octanol–water partition coefficient (Wildman–Crippen LogP) is 5.61. The fraction of sp³-hybridized carbons (Fsp3) is 0.116. The van der Waals surface area contributed by atoms with Crippen molar-refractivity contribution in [1.29, 1.82) is 0 Å². The normalized spacial score (nSPS) is 18.3. The van der Waals surface area contributed by atoms with Gasteiger partial charge in [-0.1, -0.05) is 78.9 Å². The molecule has 0 saturated carbocycles. The summed E-state index contributed by atoms with van der Waals surface area (Å²) >= 11 is 0. The van der Waals surface area contributed by atoms with Gasteiger partial charge in [-0.2, -0.15) is 4.57 Å². The summed E-state index contributed by atoms with van der Waals surface area (Å²) in [7, 11) is -4.54. The molecule has 5 atom stereocenters. The molecule has 16 nitrogen and oxygen atoms in total. The number of esters is 2. The quantitative estimate of drug-likeness (QED) is 0.0908. The Morgan fingerprint density at radius 2 is 1.15 bits per heavy atom. The van der Waals surface area contributed by atoms with Crippen LogP contribution in [-0.4, -0.2) is 73.1 Å². The minimum absolute atomic E-state index is 0.0133. The number of pyridine rings is 1. The van der Waals surface area contributed by atoms with Crippen LogP contribution in [-0.2, 0) is 23.3 Å². The number of ether oxygens (including phenoxy) is 3. The molecule has 7 aromatic rings. The van der Waals surface area contributed by atoms with E-state index in [0.717, 1.165) is 15.6 Å². The summed E-state index contributed by atoms with van der Waals surface area (Å²) in [6.07, 6.45) is -0.541. The SMILES string of the molecule is O=C(O[C@@H]1[C@H](OC(=O)c2ccccc2)[C@@H](COP(=O)(O)[n+]2ccccc2)O[C@H]1n1cnc2c(N(C(=O)c3ccccc3)C(=O)c3ccccc3)ncnc21)c1ccccc1. The van der Waals surface area contributed by atoms with Crippen molar-refractivity contribution in [1.82, 2.24) is 19.5 Å². The van der Waals surface area contributed by atoms with Crippen molar-refractivity contribution < 1.29 is 51.7 Å². The maximum Gasteiger partial charge on any atom is 0.610 e. The van der Waals surface area contributed by atoms with E-state index in [-0.39, 0.29) is 39.2 Å². The highest BCUT2D eigenvalue weighted by Gasteiger charge is 2.53. The van der Waals surface area contributed by atoms with Crippen LogP contribution >= 0.6 is 7.75 Å². The Balaban J connectivity index is 1.22. The average molecular weight is 826 g/mol. The van der Waals surface area contributed by atoms with Gasteiger partial charge in [0.2, 0.25) is 0 Å². The summed E-state index contributed by atoms with van der Waals surface area (Å²) in [6, 6.07) is 37.2. The average Bonchev–Trinajstić information content (AvgIpc) is 3.88. The monoisotopic (exact) mass is 825 g/mol. The van der Waals surface area contributed by atoms with Crippen LogP contribution in [0.25, 0.3) is 11.2 Å². The van der Waals surface area contributed by atoms with E-state index in [4.69, 9.17) is 18.7 Å². The van der Waals surface area contributed by atoms with E-state index in [1.807, 2.05) is 0 Å². The Bertz CT molecular complexity index is 2640. The molecule has 1 fully saturated rings. The molecule has 0 spiro atoms. The van der Waals surface area contributed by atoms with Crippen molar-refractivity contribution in [3.8, 4) is 0 Å². The molecule has 3 aromatic heterocycles. The van der Waals surface area contributed by atoms with Gasteiger partial charge in [-0.3, -0.25) is 23.6 Å². The summed E-state index contributed by atoms with van der Waals surface area (Å²) < 4.78 is 40.0. The molecule has 0 bridgehead atoms. The van der Waals surface area contributed by atoms with Gasteiger partial charge < -0.3 is 14.2 Å². The van der Waals surface area contributed by atoms with E-state index < -0.39 is 62.6 Å². The zero-order valence-corrected chi connectivity index (χ0v) is 32.3. The lowest BCUT2D eigenvalue weighted by atomic mass is 10.1. The largest absolute Gasteiger partial charge is 0.610 e. The number of aromatic nitrogens is 5. The van der Waals surface area contributed by atoms with E-state index in [0.29, 0.717) is 0 Å². The van der Waals surface area contributed by atoms with Crippen LogP contribution in [0.3, 0.4) is 0 Å². The topological polar surface area (TPSA) is 193 Å². The molecule has 0 aliphatic carbocycles. The van der Waals surface area contributed by atoms with Crippen molar-refractivity contribution in [2.45, 2.75) is 24.5 Å². The molecular weight excluding hydrogens is 791 g/mol. The molecule has 17 heteroatoms. The molecule has 1 aliphatic heterocycles. The van der Waals surface area contributed by atoms with Crippen LogP contribution in [0.2, 0.25) is 0 Å². The van der Waals surface area contributed by atoms with E-state index in [1.165, 1.54) is 47.6 Å². The zero-order valence-electron chi connectivity index (χ0n) is 31.4. The maximum absolute atomic E-state index is 14.2. The third kappa shape index (κ3) is 8.21. The van der Waals surface area contributed by atoms with Crippen LogP contribution in [0.1, 0.15) is 47.7 Å². The minimum Gasteiger partial charge on any atom is -0.452 e. The number of rotatable bonds is 12. The predicted molar refractivity (Wildman–Crippen MR) is 212 cm³/mol. The van der Waals surface area contributed by atoms with Crippen molar-refractivity contribution in [2.24, 2.45) is 0 Å². The lowest BCUT2D eigenvalue weighted by Gasteiger charge is -2.25. The number of fused-ring (bicyclic) bond motifs is 1. The number of amides is 2. The Morgan fingerprint density at radius 1 is 0.667 bits per heavy atom. The number of imide groups is 1. The Hall–Kier alpha value is -7.23.